The monoisotopic (exact) mass is 381 g/mol. The van der Waals surface area contributed by atoms with Gasteiger partial charge in [-0.05, 0) is 61.9 Å². The predicted octanol–water partition coefficient (Wildman–Crippen LogP) is 5.28. The van der Waals surface area contributed by atoms with Gasteiger partial charge in [-0.2, -0.15) is 0 Å². The number of nitrogens with one attached hydrogen (secondary N) is 2. The zero-order valence-electron chi connectivity index (χ0n) is 15.5. The van der Waals surface area contributed by atoms with Crippen molar-refractivity contribution in [2.24, 2.45) is 0 Å². The Balaban J connectivity index is 1.46. The number of fused-ring (bicyclic) bond motifs is 1. The van der Waals surface area contributed by atoms with Crippen LogP contribution in [0.4, 0.5) is 19.3 Å². The van der Waals surface area contributed by atoms with Crippen LogP contribution >= 0.6 is 0 Å². The quantitative estimate of drug-likeness (QED) is 0.649. The minimum absolute atomic E-state index is 0.0777. The molecular formula is C22H21F2N3O. The highest BCUT2D eigenvalue weighted by Gasteiger charge is 2.28. The van der Waals surface area contributed by atoms with Gasteiger partial charge in [0.25, 0.3) is 0 Å². The molecular weight excluding hydrogens is 360 g/mol. The topological polar surface area (TPSA) is 54.0 Å². The molecule has 1 heterocycles. The summed E-state index contributed by atoms with van der Waals surface area (Å²) in [6.45, 7) is 1.82. The Hall–Kier alpha value is -3.02. The van der Waals surface area contributed by atoms with E-state index in [4.69, 9.17) is 0 Å². The molecule has 0 radical (unpaired) electrons. The zero-order chi connectivity index (χ0) is 19.7. The Morgan fingerprint density at radius 1 is 1.11 bits per heavy atom. The minimum atomic E-state index is -0.496. The van der Waals surface area contributed by atoms with Crippen LogP contribution < -0.4 is 10.6 Å². The number of anilines is 1. The van der Waals surface area contributed by atoms with E-state index in [1.165, 1.54) is 12.1 Å². The van der Waals surface area contributed by atoms with Gasteiger partial charge in [0, 0.05) is 28.7 Å². The summed E-state index contributed by atoms with van der Waals surface area (Å²) in [5.41, 5.74) is 1.57. The molecule has 144 valence electrons. The maximum Gasteiger partial charge on any atom is 0.319 e. The van der Waals surface area contributed by atoms with Crippen LogP contribution in [0.15, 0.2) is 48.7 Å². The number of carbonyl (C=O) groups excluding carboxylic acids is 1. The Morgan fingerprint density at radius 3 is 2.75 bits per heavy atom. The molecule has 2 aromatic carbocycles. The van der Waals surface area contributed by atoms with Gasteiger partial charge in [0.1, 0.15) is 11.6 Å². The number of aryl methyl sites for hydroxylation is 1. The summed E-state index contributed by atoms with van der Waals surface area (Å²) < 4.78 is 28.3. The highest BCUT2D eigenvalue weighted by Crippen LogP contribution is 2.35. The number of pyridine rings is 1. The van der Waals surface area contributed by atoms with E-state index in [9.17, 15) is 13.6 Å². The molecule has 6 heteroatoms. The van der Waals surface area contributed by atoms with E-state index in [0.717, 1.165) is 23.9 Å². The molecule has 2 amide bonds. The Morgan fingerprint density at radius 2 is 1.93 bits per heavy atom. The number of urea groups is 1. The van der Waals surface area contributed by atoms with Crippen molar-refractivity contribution in [1.82, 2.24) is 10.3 Å². The van der Waals surface area contributed by atoms with E-state index in [2.05, 4.69) is 15.6 Å². The highest BCUT2D eigenvalue weighted by atomic mass is 19.1. The third kappa shape index (κ3) is 3.67. The van der Waals surface area contributed by atoms with Crippen molar-refractivity contribution < 1.29 is 13.6 Å². The number of amides is 2. The lowest BCUT2D eigenvalue weighted by Crippen LogP contribution is -2.36. The van der Waals surface area contributed by atoms with Crippen LogP contribution in [0.25, 0.3) is 10.8 Å². The molecule has 1 aliphatic carbocycles. The number of carbonyl (C=O) groups is 1. The summed E-state index contributed by atoms with van der Waals surface area (Å²) in [6.07, 6.45) is 3.88. The zero-order valence-corrected chi connectivity index (χ0v) is 15.5. The van der Waals surface area contributed by atoms with E-state index in [-0.39, 0.29) is 23.5 Å². The van der Waals surface area contributed by atoms with Crippen molar-refractivity contribution in [1.29, 1.82) is 0 Å². The summed E-state index contributed by atoms with van der Waals surface area (Å²) in [6, 6.07) is 10.9. The summed E-state index contributed by atoms with van der Waals surface area (Å²) in [7, 11) is 0. The first kappa shape index (κ1) is 18.3. The fraction of sp³-hybridized carbons (Fsp3) is 0.273. The first-order valence-electron chi connectivity index (χ1n) is 9.38. The molecule has 4 nitrogen and oxygen atoms in total. The number of benzene rings is 2. The summed E-state index contributed by atoms with van der Waals surface area (Å²) >= 11 is 0. The highest BCUT2D eigenvalue weighted by molar-refractivity contribution is 6.01. The van der Waals surface area contributed by atoms with Crippen molar-refractivity contribution in [3.05, 3.63) is 71.6 Å². The first-order valence-corrected chi connectivity index (χ1v) is 9.38. The lowest BCUT2D eigenvalue weighted by Gasteiger charge is -2.16. The molecule has 1 fully saturated rings. The summed E-state index contributed by atoms with van der Waals surface area (Å²) in [5.74, 6) is -0.627. The van der Waals surface area contributed by atoms with E-state index in [0.29, 0.717) is 17.4 Å². The van der Waals surface area contributed by atoms with Gasteiger partial charge in [-0.1, -0.05) is 18.2 Å². The lowest BCUT2D eigenvalue weighted by molar-refractivity contribution is 0.248. The Bertz CT molecular complexity index is 1030. The third-order valence-corrected chi connectivity index (χ3v) is 5.34. The van der Waals surface area contributed by atoms with Gasteiger partial charge < -0.3 is 10.6 Å². The molecule has 2 atom stereocenters. The van der Waals surface area contributed by atoms with Crippen LogP contribution in [0, 0.1) is 18.6 Å². The fourth-order valence-electron chi connectivity index (χ4n) is 3.96. The van der Waals surface area contributed by atoms with Gasteiger partial charge in [0.05, 0.1) is 5.69 Å². The molecule has 0 bridgehead atoms. The Kier molecular flexibility index (Phi) is 4.94. The van der Waals surface area contributed by atoms with Crippen molar-refractivity contribution >= 4 is 22.5 Å². The van der Waals surface area contributed by atoms with Crippen LogP contribution in [0.3, 0.4) is 0 Å². The molecule has 28 heavy (non-hydrogen) atoms. The fourth-order valence-corrected chi connectivity index (χ4v) is 3.96. The van der Waals surface area contributed by atoms with Gasteiger partial charge in [0.15, 0.2) is 0 Å². The average Bonchev–Trinajstić information content (AvgIpc) is 3.12. The van der Waals surface area contributed by atoms with Gasteiger partial charge in [-0.25, -0.2) is 13.6 Å². The van der Waals surface area contributed by atoms with Crippen LogP contribution in [-0.2, 0) is 0 Å². The molecule has 0 saturated heterocycles. The van der Waals surface area contributed by atoms with Crippen molar-refractivity contribution in [3.8, 4) is 0 Å². The number of halogens is 2. The number of aromatic nitrogens is 1. The standard InChI is InChI=1S/C22H21F2N3O/c1-13-10-18-15(12-25-13)7-9-20(24)21(18)27-22(28)26-16-8-6-14(11-16)17-4-2-3-5-19(17)23/h2-5,7,9-10,12,14,16H,6,8,11H2,1H3,(H2,26,27,28). The molecule has 0 spiro atoms. The van der Waals surface area contributed by atoms with Gasteiger partial charge >= 0.3 is 6.03 Å². The molecule has 2 unspecified atom stereocenters. The van der Waals surface area contributed by atoms with E-state index in [1.54, 1.807) is 30.5 Å². The van der Waals surface area contributed by atoms with E-state index < -0.39 is 11.8 Å². The number of hydrogen-bond donors (Lipinski definition) is 2. The van der Waals surface area contributed by atoms with Crippen molar-refractivity contribution in [3.63, 3.8) is 0 Å². The molecule has 1 saturated carbocycles. The SMILES string of the molecule is Cc1cc2c(NC(=O)NC3CCC(c4ccccc4F)C3)c(F)ccc2cn1. The third-order valence-electron chi connectivity index (χ3n) is 5.34. The summed E-state index contributed by atoms with van der Waals surface area (Å²) in [4.78, 5) is 16.7. The van der Waals surface area contributed by atoms with Gasteiger partial charge in [-0.3, -0.25) is 4.98 Å². The van der Waals surface area contributed by atoms with Crippen LogP contribution in [-0.4, -0.2) is 17.1 Å². The van der Waals surface area contributed by atoms with E-state index in [1.807, 2.05) is 13.0 Å². The molecule has 1 aromatic heterocycles. The minimum Gasteiger partial charge on any atom is -0.335 e. The van der Waals surface area contributed by atoms with Gasteiger partial charge in [-0.15, -0.1) is 0 Å². The molecule has 1 aliphatic rings. The Labute approximate surface area is 162 Å². The van der Waals surface area contributed by atoms with Crippen LogP contribution in [0.2, 0.25) is 0 Å². The van der Waals surface area contributed by atoms with Gasteiger partial charge in [0.2, 0.25) is 0 Å². The molecule has 0 aliphatic heterocycles. The maximum atomic E-state index is 14.3. The lowest BCUT2D eigenvalue weighted by atomic mass is 9.97. The second-order valence-electron chi connectivity index (χ2n) is 7.30. The second kappa shape index (κ2) is 7.54. The summed E-state index contributed by atoms with van der Waals surface area (Å²) in [5, 5.41) is 6.91. The number of nitrogens with zero attached hydrogens (tertiary/aromatic N) is 1. The maximum absolute atomic E-state index is 14.3. The molecule has 3 aromatic rings. The number of rotatable bonds is 3. The first-order chi connectivity index (χ1) is 13.5. The van der Waals surface area contributed by atoms with Crippen LogP contribution in [0.5, 0.6) is 0 Å². The van der Waals surface area contributed by atoms with Crippen molar-refractivity contribution in [2.45, 2.75) is 38.1 Å². The van der Waals surface area contributed by atoms with E-state index >= 15 is 0 Å². The van der Waals surface area contributed by atoms with Crippen molar-refractivity contribution in [2.75, 3.05) is 5.32 Å². The average molecular weight is 381 g/mol. The molecule has 2 N–H and O–H groups in total. The smallest absolute Gasteiger partial charge is 0.319 e. The normalized spacial score (nSPS) is 19.0. The largest absolute Gasteiger partial charge is 0.335 e. The predicted molar refractivity (Wildman–Crippen MR) is 105 cm³/mol. The molecule has 4 rings (SSSR count). The second-order valence-corrected chi connectivity index (χ2v) is 7.30. The van der Waals surface area contributed by atoms with Crippen LogP contribution in [0.1, 0.15) is 36.4 Å². The number of hydrogen-bond acceptors (Lipinski definition) is 2.